The van der Waals surface area contributed by atoms with Crippen molar-refractivity contribution in [3.05, 3.63) is 88.9 Å². The van der Waals surface area contributed by atoms with Crippen molar-refractivity contribution in [3.8, 4) is 11.3 Å². The molecule has 5 aromatic rings. The number of anilines is 1. The smallest absolute Gasteiger partial charge is 0.324 e. The molecule has 34 heavy (non-hydrogen) atoms. The van der Waals surface area contributed by atoms with Gasteiger partial charge in [0.2, 0.25) is 5.91 Å². The summed E-state index contributed by atoms with van der Waals surface area (Å²) in [6.07, 6.45) is -1.73. The first-order valence-electron chi connectivity index (χ1n) is 9.90. The molecule has 0 saturated heterocycles. The second-order valence-corrected chi connectivity index (χ2v) is 7.39. The van der Waals surface area contributed by atoms with Gasteiger partial charge in [0.05, 0.1) is 16.9 Å². The van der Waals surface area contributed by atoms with Gasteiger partial charge in [-0.2, -0.15) is 18.3 Å². The lowest BCUT2D eigenvalue weighted by atomic mass is 10.1. The molecular weight excluding hydrogens is 456 g/mol. The van der Waals surface area contributed by atoms with Gasteiger partial charge in [0.25, 0.3) is 0 Å². The Balaban J connectivity index is 1.47. The normalized spacial score (nSPS) is 11.9. The molecule has 0 unspecified atom stereocenters. The number of rotatable bonds is 4. The minimum atomic E-state index is -4.65. The summed E-state index contributed by atoms with van der Waals surface area (Å²) < 4.78 is 56.3. The maximum Gasteiger partial charge on any atom is 0.418 e. The molecule has 0 spiro atoms. The molecule has 0 aliphatic rings. The van der Waals surface area contributed by atoms with Gasteiger partial charge in [-0.05, 0) is 42.5 Å². The van der Waals surface area contributed by atoms with Crippen LogP contribution in [-0.2, 0) is 17.5 Å². The number of benzene rings is 2. The molecule has 0 bridgehead atoms. The van der Waals surface area contributed by atoms with Gasteiger partial charge in [-0.25, -0.2) is 22.8 Å². The number of aromatic nitrogens is 5. The minimum absolute atomic E-state index is 0.192. The van der Waals surface area contributed by atoms with Gasteiger partial charge in [0.1, 0.15) is 17.9 Å². The van der Waals surface area contributed by atoms with E-state index in [2.05, 4.69) is 15.5 Å². The van der Waals surface area contributed by atoms with Crippen molar-refractivity contribution >= 4 is 22.8 Å². The number of carbonyl (C=O) groups is 1. The van der Waals surface area contributed by atoms with Gasteiger partial charge in [-0.15, -0.1) is 5.10 Å². The Bertz CT molecular complexity index is 1600. The number of para-hydroxylation sites is 1. The number of nitrogens with zero attached hydrogens (tertiary/aromatic N) is 5. The van der Waals surface area contributed by atoms with Crippen molar-refractivity contribution in [1.82, 2.24) is 23.8 Å². The van der Waals surface area contributed by atoms with Crippen LogP contribution in [0.1, 0.15) is 5.56 Å². The maximum atomic E-state index is 13.2. The summed E-state index contributed by atoms with van der Waals surface area (Å²) in [4.78, 5) is 25.2. The standard InChI is InChI=1S/C22H14F4N6O2/c23-14-7-5-13(6-8-14)17-11-18-20-29-32(21(34)30(20)9-10-31(18)28-17)12-19(33)27-16-4-2-1-3-15(16)22(24,25)26/h1-11H,12H2,(H,27,33). The first-order chi connectivity index (χ1) is 16.2. The Hall–Kier alpha value is -4.48. The molecule has 3 aromatic heterocycles. The van der Waals surface area contributed by atoms with E-state index in [1.165, 1.54) is 45.6 Å². The Morgan fingerprint density at radius 1 is 1.00 bits per heavy atom. The van der Waals surface area contributed by atoms with Crippen LogP contribution in [-0.4, -0.2) is 29.7 Å². The molecule has 0 aliphatic carbocycles. The molecule has 2 aromatic carbocycles. The van der Waals surface area contributed by atoms with Gasteiger partial charge in [-0.3, -0.25) is 4.79 Å². The highest BCUT2D eigenvalue weighted by molar-refractivity contribution is 5.91. The largest absolute Gasteiger partial charge is 0.418 e. The van der Waals surface area contributed by atoms with E-state index in [-0.39, 0.29) is 5.65 Å². The predicted molar refractivity (Wildman–Crippen MR) is 114 cm³/mol. The minimum Gasteiger partial charge on any atom is -0.324 e. The molecule has 3 heterocycles. The number of alkyl halides is 3. The molecule has 0 atom stereocenters. The number of carbonyl (C=O) groups excluding carboxylic acids is 1. The van der Waals surface area contributed by atoms with Crippen molar-refractivity contribution < 1.29 is 22.4 Å². The molecular formula is C22H14F4N6O2. The zero-order valence-corrected chi connectivity index (χ0v) is 17.1. The third-order valence-corrected chi connectivity index (χ3v) is 5.13. The fourth-order valence-corrected chi connectivity index (χ4v) is 3.56. The van der Waals surface area contributed by atoms with E-state index in [1.54, 1.807) is 18.2 Å². The summed E-state index contributed by atoms with van der Waals surface area (Å²) in [6, 6.07) is 11.9. The molecule has 5 rings (SSSR count). The molecule has 1 N–H and O–H groups in total. The SMILES string of the molecule is O=C(Cn1nc2c3cc(-c4ccc(F)cc4)nn3ccn2c1=O)Nc1ccccc1C(F)(F)F. The Morgan fingerprint density at radius 2 is 1.74 bits per heavy atom. The van der Waals surface area contributed by atoms with Crippen LogP contribution in [0.15, 0.2) is 71.8 Å². The quantitative estimate of drug-likeness (QED) is 0.407. The summed E-state index contributed by atoms with van der Waals surface area (Å²) in [7, 11) is 0. The van der Waals surface area contributed by atoms with E-state index in [0.717, 1.165) is 16.8 Å². The third-order valence-electron chi connectivity index (χ3n) is 5.13. The number of halogens is 4. The van der Waals surface area contributed by atoms with Gasteiger partial charge in [0, 0.05) is 18.0 Å². The van der Waals surface area contributed by atoms with Gasteiger partial charge >= 0.3 is 11.9 Å². The van der Waals surface area contributed by atoms with Crippen LogP contribution < -0.4 is 11.0 Å². The number of fused-ring (bicyclic) bond motifs is 3. The second kappa shape index (κ2) is 7.83. The lowest BCUT2D eigenvalue weighted by Gasteiger charge is -2.13. The van der Waals surface area contributed by atoms with Crippen molar-refractivity contribution in [2.45, 2.75) is 12.7 Å². The highest BCUT2D eigenvalue weighted by atomic mass is 19.4. The topological polar surface area (TPSA) is 85.7 Å². The summed E-state index contributed by atoms with van der Waals surface area (Å²) >= 11 is 0. The predicted octanol–water partition coefficient (Wildman–Crippen LogP) is 3.61. The molecule has 8 nitrogen and oxygen atoms in total. The lowest BCUT2D eigenvalue weighted by molar-refractivity contribution is -0.137. The van der Waals surface area contributed by atoms with E-state index in [0.29, 0.717) is 16.8 Å². The summed E-state index contributed by atoms with van der Waals surface area (Å²) in [5, 5.41) is 10.8. The number of amides is 1. The Morgan fingerprint density at radius 3 is 2.47 bits per heavy atom. The molecule has 0 saturated carbocycles. The molecule has 0 radical (unpaired) electrons. The Labute approximate surface area is 187 Å². The summed E-state index contributed by atoms with van der Waals surface area (Å²) in [5.41, 5.74) is -0.276. The Kier molecular flexibility index (Phi) is 4.92. The van der Waals surface area contributed by atoms with Crippen LogP contribution in [0.2, 0.25) is 0 Å². The summed E-state index contributed by atoms with van der Waals surface area (Å²) in [6.45, 7) is -0.599. The van der Waals surface area contributed by atoms with Gasteiger partial charge < -0.3 is 5.32 Å². The zero-order chi connectivity index (χ0) is 24.0. The number of hydrogen-bond donors (Lipinski definition) is 1. The average molecular weight is 470 g/mol. The van der Waals surface area contributed by atoms with Crippen LogP contribution in [0, 0.1) is 5.82 Å². The fraction of sp³-hybridized carbons (Fsp3) is 0.0909. The first-order valence-corrected chi connectivity index (χ1v) is 9.90. The molecule has 0 fully saturated rings. The first kappa shape index (κ1) is 21.4. The van der Waals surface area contributed by atoms with Crippen LogP contribution in [0.3, 0.4) is 0 Å². The zero-order valence-electron chi connectivity index (χ0n) is 17.1. The van der Waals surface area contributed by atoms with E-state index in [4.69, 9.17) is 0 Å². The van der Waals surface area contributed by atoms with Crippen LogP contribution in [0.4, 0.5) is 23.2 Å². The second-order valence-electron chi connectivity index (χ2n) is 7.39. The molecule has 172 valence electrons. The van der Waals surface area contributed by atoms with Crippen molar-refractivity contribution in [2.75, 3.05) is 5.32 Å². The van der Waals surface area contributed by atoms with E-state index in [9.17, 15) is 27.2 Å². The molecule has 1 amide bonds. The van der Waals surface area contributed by atoms with Crippen LogP contribution >= 0.6 is 0 Å². The van der Waals surface area contributed by atoms with Gasteiger partial charge in [-0.1, -0.05) is 12.1 Å². The third kappa shape index (κ3) is 3.78. The monoisotopic (exact) mass is 470 g/mol. The maximum absolute atomic E-state index is 13.2. The van der Waals surface area contributed by atoms with Crippen molar-refractivity contribution in [1.29, 1.82) is 0 Å². The highest BCUT2D eigenvalue weighted by Gasteiger charge is 2.33. The number of hydrogen-bond acceptors (Lipinski definition) is 4. The van der Waals surface area contributed by atoms with E-state index >= 15 is 0 Å². The average Bonchev–Trinajstić information content (AvgIpc) is 3.35. The van der Waals surface area contributed by atoms with E-state index in [1.807, 2.05) is 0 Å². The summed E-state index contributed by atoms with van der Waals surface area (Å²) in [5.74, 6) is -1.24. The van der Waals surface area contributed by atoms with Crippen LogP contribution in [0.25, 0.3) is 22.4 Å². The molecule has 12 heteroatoms. The molecule has 0 aliphatic heterocycles. The fourth-order valence-electron chi connectivity index (χ4n) is 3.56. The lowest BCUT2D eigenvalue weighted by Crippen LogP contribution is -2.28. The van der Waals surface area contributed by atoms with Crippen molar-refractivity contribution in [3.63, 3.8) is 0 Å². The highest BCUT2D eigenvalue weighted by Crippen LogP contribution is 2.34. The van der Waals surface area contributed by atoms with Crippen LogP contribution in [0.5, 0.6) is 0 Å². The van der Waals surface area contributed by atoms with E-state index < -0.39 is 41.4 Å². The number of nitrogens with one attached hydrogen (secondary N) is 1. The van der Waals surface area contributed by atoms with Gasteiger partial charge in [0.15, 0.2) is 5.65 Å². The van der Waals surface area contributed by atoms with Crippen molar-refractivity contribution in [2.24, 2.45) is 0 Å².